The summed E-state index contributed by atoms with van der Waals surface area (Å²) in [5.41, 5.74) is 10.2. The molecule has 11 nitrogen and oxygen atoms in total. The third kappa shape index (κ3) is 3.94. The van der Waals surface area contributed by atoms with Gasteiger partial charge in [0.1, 0.15) is 17.5 Å². The Morgan fingerprint density at radius 2 is 1.58 bits per heavy atom. The number of nitrogens with zero attached hydrogens (tertiary/aromatic N) is 5. The number of rotatable bonds is 1. The van der Waals surface area contributed by atoms with Crippen molar-refractivity contribution in [3.05, 3.63) is 29.6 Å². The molecule has 1 saturated heterocycles. The topological polar surface area (TPSA) is 179 Å². The van der Waals surface area contributed by atoms with Gasteiger partial charge in [-0.15, -0.1) is 9.46 Å². The molecular weight excluding hydrogens is 314 g/mol. The van der Waals surface area contributed by atoms with Gasteiger partial charge in [-0.2, -0.15) is 4.98 Å². The second-order valence-electron chi connectivity index (χ2n) is 5.23. The number of anilines is 3. The molecule has 11 heteroatoms. The summed E-state index contributed by atoms with van der Waals surface area (Å²) in [6, 6.07) is 3.00. The molecule has 1 aliphatic heterocycles. The van der Waals surface area contributed by atoms with Crippen molar-refractivity contribution >= 4 is 17.5 Å². The van der Waals surface area contributed by atoms with Crippen LogP contribution in [0.3, 0.4) is 0 Å². The van der Waals surface area contributed by atoms with Crippen molar-refractivity contribution in [1.82, 2.24) is 19.4 Å². The van der Waals surface area contributed by atoms with E-state index in [1.54, 1.807) is 6.07 Å². The molecule has 0 amide bonds. The zero-order chi connectivity index (χ0) is 17.7. The average Bonchev–Trinajstić information content (AvgIpc) is 2.58. The molecule has 0 saturated carbocycles. The smallest absolute Gasteiger partial charge is 0.259 e. The minimum Gasteiger partial charge on any atom is -0.423 e. The highest BCUT2D eigenvalue weighted by molar-refractivity contribution is 5.46. The lowest BCUT2D eigenvalue weighted by Gasteiger charge is -2.27. The van der Waals surface area contributed by atoms with Crippen LogP contribution in [0.1, 0.15) is 19.3 Å². The van der Waals surface area contributed by atoms with Crippen LogP contribution in [0.25, 0.3) is 0 Å². The van der Waals surface area contributed by atoms with Crippen molar-refractivity contribution in [2.75, 3.05) is 29.5 Å². The SMILES string of the molecule is N=c1nc(N2CCCCC2)cc(N)n1O.N=c1nccc(N)n1O. The van der Waals surface area contributed by atoms with E-state index in [9.17, 15) is 5.21 Å². The number of nitrogen functional groups attached to an aromatic ring is 2. The van der Waals surface area contributed by atoms with Gasteiger partial charge >= 0.3 is 0 Å². The Balaban J connectivity index is 0.000000198. The molecule has 1 aliphatic rings. The van der Waals surface area contributed by atoms with Crippen molar-refractivity contribution in [1.29, 1.82) is 10.8 Å². The van der Waals surface area contributed by atoms with E-state index < -0.39 is 0 Å². The molecule has 24 heavy (non-hydrogen) atoms. The van der Waals surface area contributed by atoms with Crippen LogP contribution in [0.2, 0.25) is 0 Å². The molecule has 2 aromatic heterocycles. The van der Waals surface area contributed by atoms with Crippen LogP contribution in [0.15, 0.2) is 18.3 Å². The molecule has 0 aliphatic carbocycles. The van der Waals surface area contributed by atoms with Crippen LogP contribution in [0.5, 0.6) is 0 Å². The molecule has 2 aromatic rings. The maximum absolute atomic E-state index is 9.25. The summed E-state index contributed by atoms with van der Waals surface area (Å²) < 4.78 is 1.08. The summed E-state index contributed by atoms with van der Waals surface area (Å²) in [6.45, 7) is 1.89. The van der Waals surface area contributed by atoms with E-state index in [0.29, 0.717) is 15.3 Å². The van der Waals surface area contributed by atoms with Gasteiger partial charge in [0.05, 0.1) is 0 Å². The molecule has 0 bridgehead atoms. The molecule has 1 fully saturated rings. The van der Waals surface area contributed by atoms with Crippen LogP contribution in [-0.4, -0.2) is 42.9 Å². The number of nitrogens with one attached hydrogen (secondary N) is 2. The first-order valence-corrected chi connectivity index (χ1v) is 7.36. The summed E-state index contributed by atoms with van der Waals surface area (Å²) in [5.74, 6) is 0.938. The summed E-state index contributed by atoms with van der Waals surface area (Å²) in [5, 5.41) is 32.3. The van der Waals surface area contributed by atoms with Crippen molar-refractivity contribution in [2.45, 2.75) is 19.3 Å². The standard InChI is InChI=1S/C9H15N5O.C4H6N4O/c10-7-6-8(12-9(11)14(7)15)13-4-2-1-3-5-13;5-3-1-2-7-4(6)8(3)9/h6,11,15H,1-5,10H2;1-2,6,9H,5H2. The lowest BCUT2D eigenvalue weighted by molar-refractivity contribution is 0.171. The fourth-order valence-electron chi connectivity index (χ4n) is 2.22. The van der Waals surface area contributed by atoms with Crippen molar-refractivity contribution in [3.63, 3.8) is 0 Å². The van der Waals surface area contributed by atoms with Crippen molar-refractivity contribution in [3.8, 4) is 0 Å². The molecule has 0 radical (unpaired) electrons. The fourth-order valence-corrected chi connectivity index (χ4v) is 2.22. The molecule has 0 unspecified atom stereocenters. The summed E-state index contributed by atoms with van der Waals surface area (Å²) >= 11 is 0. The summed E-state index contributed by atoms with van der Waals surface area (Å²) in [4.78, 5) is 9.52. The van der Waals surface area contributed by atoms with Gasteiger partial charge in [-0.25, -0.2) is 4.98 Å². The lowest BCUT2D eigenvalue weighted by atomic mass is 10.1. The van der Waals surface area contributed by atoms with Crippen LogP contribution in [-0.2, 0) is 0 Å². The van der Waals surface area contributed by atoms with E-state index >= 15 is 0 Å². The third-order valence-corrected chi connectivity index (χ3v) is 3.51. The van der Waals surface area contributed by atoms with Gasteiger partial charge in [0.15, 0.2) is 0 Å². The second-order valence-corrected chi connectivity index (χ2v) is 5.23. The molecule has 130 valence electrons. The largest absolute Gasteiger partial charge is 0.423 e. The van der Waals surface area contributed by atoms with Crippen molar-refractivity contribution in [2.24, 2.45) is 0 Å². The van der Waals surface area contributed by atoms with E-state index in [1.807, 2.05) is 0 Å². The first kappa shape index (κ1) is 17.1. The van der Waals surface area contributed by atoms with Gasteiger partial charge in [-0.1, -0.05) is 0 Å². The first-order valence-electron chi connectivity index (χ1n) is 7.36. The third-order valence-electron chi connectivity index (χ3n) is 3.51. The number of hydrogen-bond acceptors (Lipinski definition) is 9. The van der Waals surface area contributed by atoms with Gasteiger partial charge < -0.3 is 26.8 Å². The maximum atomic E-state index is 9.25. The Morgan fingerprint density at radius 3 is 2.12 bits per heavy atom. The molecule has 8 N–H and O–H groups in total. The normalized spacial score (nSPS) is 13.9. The maximum Gasteiger partial charge on any atom is 0.259 e. The van der Waals surface area contributed by atoms with E-state index in [-0.39, 0.29) is 22.9 Å². The molecular formula is C13H21N9O2. The Kier molecular flexibility index (Phi) is 5.24. The van der Waals surface area contributed by atoms with E-state index in [2.05, 4.69) is 14.9 Å². The average molecular weight is 335 g/mol. The highest BCUT2D eigenvalue weighted by Crippen LogP contribution is 2.17. The molecule has 0 atom stereocenters. The van der Waals surface area contributed by atoms with Gasteiger partial charge in [0, 0.05) is 31.4 Å². The van der Waals surface area contributed by atoms with E-state index in [0.717, 1.165) is 25.9 Å². The lowest BCUT2D eigenvalue weighted by Crippen LogP contribution is -2.33. The first-order chi connectivity index (χ1) is 11.4. The summed E-state index contributed by atoms with van der Waals surface area (Å²) in [6.07, 6.45) is 4.88. The van der Waals surface area contributed by atoms with Crippen LogP contribution >= 0.6 is 0 Å². The van der Waals surface area contributed by atoms with E-state index in [1.165, 1.54) is 18.7 Å². The Bertz CT molecular complexity index is 808. The van der Waals surface area contributed by atoms with Crippen molar-refractivity contribution < 1.29 is 10.4 Å². The minimum absolute atomic E-state index is 0.106. The van der Waals surface area contributed by atoms with Crippen LogP contribution in [0, 0.1) is 10.8 Å². The Hall–Kier alpha value is -3.24. The highest BCUT2D eigenvalue weighted by Gasteiger charge is 2.13. The quantitative estimate of drug-likeness (QED) is 0.375. The van der Waals surface area contributed by atoms with Crippen LogP contribution < -0.4 is 27.6 Å². The Labute approximate surface area is 137 Å². The predicted octanol–water partition coefficient (Wildman–Crippen LogP) is -0.646. The number of nitrogens with two attached hydrogens (primary N) is 2. The number of hydrogen-bond donors (Lipinski definition) is 6. The molecule has 3 heterocycles. The van der Waals surface area contributed by atoms with Gasteiger partial charge in [-0.3, -0.25) is 10.8 Å². The molecule has 0 aromatic carbocycles. The van der Waals surface area contributed by atoms with Gasteiger partial charge in [-0.05, 0) is 19.3 Å². The zero-order valence-electron chi connectivity index (χ0n) is 13.1. The summed E-state index contributed by atoms with van der Waals surface area (Å²) in [7, 11) is 0. The second kappa shape index (κ2) is 7.35. The number of piperidine rings is 1. The van der Waals surface area contributed by atoms with Gasteiger partial charge in [0.25, 0.3) is 11.2 Å². The van der Waals surface area contributed by atoms with Gasteiger partial charge in [0.2, 0.25) is 0 Å². The predicted molar refractivity (Wildman–Crippen MR) is 85.4 cm³/mol. The van der Waals surface area contributed by atoms with Crippen LogP contribution in [0.4, 0.5) is 17.5 Å². The molecule has 3 rings (SSSR count). The highest BCUT2D eigenvalue weighted by atomic mass is 16.5. The zero-order valence-corrected chi connectivity index (χ0v) is 13.1. The minimum atomic E-state index is -0.269. The fraction of sp³-hybridized carbons (Fsp3) is 0.385. The Morgan fingerprint density at radius 1 is 0.958 bits per heavy atom. The van der Waals surface area contributed by atoms with E-state index in [4.69, 9.17) is 27.5 Å². The number of aromatic nitrogens is 4. The monoisotopic (exact) mass is 335 g/mol. The molecule has 0 spiro atoms.